The van der Waals surface area contributed by atoms with E-state index in [1.165, 1.54) is 0 Å². The van der Waals surface area contributed by atoms with Gasteiger partial charge in [-0.3, -0.25) is 0 Å². The van der Waals surface area contributed by atoms with Crippen molar-refractivity contribution in [3.8, 4) is 0 Å². The van der Waals surface area contributed by atoms with Crippen LogP contribution in [-0.4, -0.2) is 32.8 Å². The van der Waals surface area contributed by atoms with Crippen LogP contribution in [0, 0.1) is 5.92 Å². The van der Waals surface area contributed by atoms with Crippen molar-refractivity contribution in [2.75, 3.05) is 32.2 Å². The summed E-state index contributed by atoms with van der Waals surface area (Å²) in [6.45, 7) is 5.58. The smallest absolute Gasteiger partial charge is 0.338 e. The Kier molecular flexibility index (Phi) is 6.22. The largest absolute Gasteiger partial charge is 0.460 e. The van der Waals surface area contributed by atoms with Gasteiger partial charge in [-0.2, -0.15) is 0 Å². The van der Waals surface area contributed by atoms with E-state index in [-0.39, 0.29) is 5.97 Å². The standard InChI is InChI=1S/C14H21NO3/c1-11(2)10-17-8-9-18-14(16)12-4-6-13(15-3)7-5-12/h4-7,11,15H,8-10H2,1-3H3. The minimum Gasteiger partial charge on any atom is -0.460 e. The SMILES string of the molecule is CNc1ccc(C(=O)OCCOCC(C)C)cc1. The monoisotopic (exact) mass is 251 g/mol. The number of anilines is 1. The topological polar surface area (TPSA) is 47.6 Å². The zero-order valence-corrected chi connectivity index (χ0v) is 11.2. The number of esters is 1. The van der Waals surface area contributed by atoms with E-state index in [9.17, 15) is 4.79 Å². The maximum Gasteiger partial charge on any atom is 0.338 e. The van der Waals surface area contributed by atoms with Gasteiger partial charge in [-0.25, -0.2) is 4.79 Å². The number of ether oxygens (including phenoxy) is 2. The molecule has 0 radical (unpaired) electrons. The van der Waals surface area contributed by atoms with Crippen LogP contribution in [0.2, 0.25) is 0 Å². The fourth-order valence-electron chi connectivity index (χ4n) is 1.37. The van der Waals surface area contributed by atoms with Crippen molar-refractivity contribution in [1.82, 2.24) is 0 Å². The molecule has 0 spiro atoms. The third-order valence-corrected chi connectivity index (χ3v) is 2.32. The normalized spacial score (nSPS) is 10.4. The van der Waals surface area contributed by atoms with Gasteiger partial charge in [0.15, 0.2) is 0 Å². The summed E-state index contributed by atoms with van der Waals surface area (Å²) in [6.07, 6.45) is 0. The molecule has 0 unspecified atom stereocenters. The molecule has 0 bridgehead atoms. The Morgan fingerprint density at radius 2 is 1.89 bits per heavy atom. The van der Waals surface area contributed by atoms with E-state index >= 15 is 0 Å². The van der Waals surface area contributed by atoms with Gasteiger partial charge in [-0.1, -0.05) is 13.8 Å². The van der Waals surface area contributed by atoms with E-state index < -0.39 is 0 Å². The molecule has 4 nitrogen and oxygen atoms in total. The van der Waals surface area contributed by atoms with E-state index in [1.54, 1.807) is 12.1 Å². The van der Waals surface area contributed by atoms with Crippen molar-refractivity contribution < 1.29 is 14.3 Å². The van der Waals surface area contributed by atoms with E-state index in [0.717, 1.165) is 5.69 Å². The Morgan fingerprint density at radius 3 is 2.44 bits per heavy atom. The lowest BCUT2D eigenvalue weighted by Gasteiger charge is -2.08. The molecule has 1 aromatic rings. The first-order valence-electron chi connectivity index (χ1n) is 6.16. The van der Waals surface area contributed by atoms with Gasteiger partial charge in [-0.15, -0.1) is 0 Å². The Hall–Kier alpha value is -1.55. The molecule has 0 aliphatic rings. The predicted octanol–water partition coefficient (Wildman–Crippen LogP) is 2.56. The van der Waals surface area contributed by atoms with Crippen molar-refractivity contribution >= 4 is 11.7 Å². The molecule has 0 saturated heterocycles. The van der Waals surface area contributed by atoms with Crippen LogP contribution in [0.15, 0.2) is 24.3 Å². The van der Waals surface area contributed by atoms with E-state index in [4.69, 9.17) is 9.47 Å². The number of hydrogen-bond acceptors (Lipinski definition) is 4. The molecular formula is C14H21NO3. The second-order valence-corrected chi connectivity index (χ2v) is 4.43. The molecule has 0 atom stereocenters. The van der Waals surface area contributed by atoms with Crippen molar-refractivity contribution in [1.29, 1.82) is 0 Å². The summed E-state index contributed by atoms with van der Waals surface area (Å²) in [5.74, 6) is 0.181. The van der Waals surface area contributed by atoms with E-state index in [0.29, 0.717) is 31.3 Å². The highest BCUT2D eigenvalue weighted by Crippen LogP contribution is 2.09. The van der Waals surface area contributed by atoms with Crippen molar-refractivity contribution in [3.05, 3.63) is 29.8 Å². The molecule has 18 heavy (non-hydrogen) atoms. The van der Waals surface area contributed by atoms with Crippen LogP contribution in [0.5, 0.6) is 0 Å². The van der Waals surface area contributed by atoms with E-state index in [1.807, 2.05) is 19.2 Å². The molecule has 1 N–H and O–H groups in total. The van der Waals surface area contributed by atoms with Crippen molar-refractivity contribution in [2.45, 2.75) is 13.8 Å². The molecule has 4 heteroatoms. The molecular weight excluding hydrogens is 230 g/mol. The maximum atomic E-state index is 11.6. The van der Waals surface area contributed by atoms with Gasteiger partial charge in [0, 0.05) is 19.3 Å². The van der Waals surface area contributed by atoms with Gasteiger partial charge in [0.2, 0.25) is 0 Å². The molecule has 0 saturated carbocycles. The summed E-state index contributed by atoms with van der Waals surface area (Å²) < 4.78 is 10.4. The van der Waals surface area contributed by atoms with Crippen LogP contribution in [0.1, 0.15) is 24.2 Å². The minimum absolute atomic E-state index is 0.291. The molecule has 1 aromatic carbocycles. The molecule has 0 fully saturated rings. The summed E-state index contributed by atoms with van der Waals surface area (Å²) in [5.41, 5.74) is 1.52. The summed E-state index contributed by atoms with van der Waals surface area (Å²) in [4.78, 5) is 11.6. The third-order valence-electron chi connectivity index (χ3n) is 2.32. The summed E-state index contributed by atoms with van der Waals surface area (Å²) in [5, 5.41) is 2.99. The number of carbonyl (C=O) groups is 1. The van der Waals surface area contributed by atoms with Gasteiger partial charge < -0.3 is 14.8 Å². The Labute approximate surface area is 108 Å². The minimum atomic E-state index is -0.314. The lowest BCUT2D eigenvalue weighted by molar-refractivity contribution is 0.0277. The summed E-state index contributed by atoms with van der Waals surface area (Å²) in [7, 11) is 1.83. The molecule has 0 aliphatic carbocycles. The first-order chi connectivity index (χ1) is 8.63. The highest BCUT2D eigenvalue weighted by atomic mass is 16.6. The average Bonchev–Trinajstić information content (AvgIpc) is 2.38. The second kappa shape index (κ2) is 7.71. The van der Waals surface area contributed by atoms with E-state index in [2.05, 4.69) is 19.2 Å². The quantitative estimate of drug-likeness (QED) is 0.597. The Bertz CT molecular complexity index is 360. The fraction of sp³-hybridized carbons (Fsp3) is 0.500. The summed E-state index contributed by atoms with van der Waals surface area (Å²) in [6, 6.07) is 7.16. The number of nitrogens with one attached hydrogen (secondary N) is 1. The van der Waals surface area contributed by atoms with Crippen LogP contribution >= 0.6 is 0 Å². The van der Waals surface area contributed by atoms with Crippen LogP contribution in [-0.2, 0) is 9.47 Å². The molecule has 0 heterocycles. The second-order valence-electron chi connectivity index (χ2n) is 4.43. The van der Waals surface area contributed by atoms with Gasteiger partial charge in [-0.05, 0) is 30.2 Å². The highest BCUT2D eigenvalue weighted by Gasteiger charge is 2.06. The third kappa shape index (κ3) is 5.19. The molecule has 0 aromatic heterocycles. The zero-order valence-electron chi connectivity index (χ0n) is 11.2. The highest BCUT2D eigenvalue weighted by molar-refractivity contribution is 5.89. The average molecular weight is 251 g/mol. The van der Waals surface area contributed by atoms with Crippen molar-refractivity contribution in [2.24, 2.45) is 5.92 Å². The number of hydrogen-bond donors (Lipinski definition) is 1. The Balaban J connectivity index is 2.27. The maximum absolute atomic E-state index is 11.6. The van der Waals surface area contributed by atoms with Gasteiger partial charge >= 0.3 is 5.97 Å². The number of rotatable bonds is 7. The van der Waals surface area contributed by atoms with Gasteiger partial charge in [0.1, 0.15) is 6.61 Å². The summed E-state index contributed by atoms with van der Waals surface area (Å²) >= 11 is 0. The lowest BCUT2D eigenvalue weighted by Crippen LogP contribution is -2.12. The molecule has 0 amide bonds. The van der Waals surface area contributed by atoms with Crippen LogP contribution in [0.25, 0.3) is 0 Å². The van der Waals surface area contributed by atoms with Crippen LogP contribution in [0.4, 0.5) is 5.69 Å². The molecule has 100 valence electrons. The van der Waals surface area contributed by atoms with Gasteiger partial charge in [0.05, 0.1) is 12.2 Å². The first-order valence-corrected chi connectivity index (χ1v) is 6.16. The van der Waals surface area contributed by atoms with Gasteiger partial charge in [0.25, 0.3) is 0 Å². The number of carbonyl (C=O) groups excluding carboxylic acids is 1. The first kappa shape index (κ1) is 14.5. The fourth-order valence-corrected chi connectivity index (χ4v) is 1.37. The molecule has 0 aliphatic heterocycles. The molecule has 1 rings (SSSR count). The predicted molar refractivity (Wildman–Crippen MR) is 71.9 cm³/mol. The Morgan fingerprint density at radius 1 is 1.22 bits per heavy atom. The zero-order chi connectivity index (χ0) is 13.4. The number of benzene rings is 1. The van der Waals surface area contributed by atoms with Crippen LogP contribution < -0.4 is 5.32 Å². The van der Waals surface area contributed by atoms with Crippen LogP contribution in [0.3, 0.4) is 0 Å². The van der Waals surface area contributed by atoms with Crippen molar-refractivity contribution in [3.63, 3.8) is 0 Å². The lowest BCUT2D eigenvalue weighted by atomic mass is 10.2.